The number of piperidine rings is 1. The Labute approximate surface area is 181 Å². The molecule has 3 heterocycles. The molecule has 0 spiro atoms. The van der Waals surface area contributed by atoms with Crippen LogP contribution >= 0.6 is 11.3 Å². The van der Waals surface area contributed by atoms with E-state index in [1.165, 1.54) is 28.8 Å². The van der Waals surface area contributed by atoms with Crippen molar-refractivity contribution in [2.75, 3.05) is 31.1 Å². The van der Waals surface area contributed by atoms with Crippen LogP contribution in [-0.2, 0) is 6.42 Å². The quantitative estimate of drug-likeness (QED) is 0.785. The molecule has 158 valence electrons. The van der Waals surface area contributed by atoms with Gasteiger partial charge < -0.3 is 15.5 Å². The molecular formula is C22H28N6OS. The van der Waals surface area contributed by atoms with Crippen LogP contribution in [-0.4, -0.2) is 47.0 Å². The van der Waals surface area contributed by atoms with Gasteiger partial charge in [0.15, 0.2) is 10.8 Å². The van der Waals surface area contributed by atoms with Crippen LogP contribution in [0.3, 0.4) is 0 Å². The second-order valence-corrected chi connectivity index (χ2v) is 8.71. The van der Waals surface area contributed by atoms with Crippen LogP contribution < -0.4 is 15.5 Å². The molecule has 2 aliphatic heterocycles. The van der Waals surface area contributed by atoms with E-state index >= 15 is 0 Å². The van der Waals surface area contributed by atoms with E-state index in [-0.39, 0.29) is 5.91 Å². The first-order chi connectivity index (χ1) is 14.6. The summed E-state index contributed by atoms with van der Waals surface area (Å²) in [5.74, 6) is 1.11. The van der Waals surface area contributed by atoms with Crippen LogP contribution in [0.15, 0.2) is 30.0 Å². The van der Waals surface area contributed by atoms with Gasteiger partial charge >= 0.3 is 0 Å². The Bertz CT molecular complexity index is 968. The highest BCUT2D eigenvalue weighted by molar-refractivity contribution is 7.11. The molecule has 1 amide bonds. The van der Waals surface area contributed by atoms with E-state index < -0.39 is 0 Å². The summed E-state index contributed by atoms with van der Waals surface area (Å²) >= 11 is 1.23. The molecule has 2 aliphatic rings. The third kappa shape index (κ3) is 4.76. The molecular weight excluding hydrogens is 396 g/mol. The molecule has 1 aromatic carbocycles. The van der Waals surface area contributed by atoms with Crippen molar-refractivity contribution in [2.24, 2.45) is 5.92 Å². The first-order valence-electron chi connectivity index (χ1n) is 10.5. The van der Waals surface area contributed by atoms with Gasteiger partial charge in [0.2, 0.25) is 0 Å². The van der Waals surface area contributed by atoms with Gasteiger partial charge in [-0.15, -0.1) is 0 Å². The monoisotopic (exact) mass is 424 g/mol. The zero-order chi connectivity index (χ0) is 20.9. The first-order valence-corrected chi connectivity index (χ1v) is 11.4. The topological polar surface area (TPSA) is 83.0 Å². The summed E-state index contributed by atoms with van der Waals surface area (Å²) in [5, 5.41) is 6.81. The van der Waals surface area contributed by atoms with Gasteiger partial charge in [-0.3, -0.25) is 4.79 Å². The molecule has 1 aromatic heterocycles. The highest BCUT2D eigenvalue weighted by Crippen LogP contribution is 2.34. The summed E-state index contributed by atoms with van der Waals surface area (Å²) in [6, 6.07) is 6.47. The standard InChI is InChI=1S/C22H28N6OS/c1-15-3-4-19-18(11-15)7-10-28(19)20-16(2)27-22(30-14-24-13-26-20)21(29)25-12-17-5-8-23-9-6-17/h3-4,11,13-14,17,23H,5-10,12H2,1-2H3,(H,25,29). The second-order valence-electron chi connectivity index (χ2n) is 7.88. The molecule has 30 heavy (non-hydrogen) atoms. The van der Waals surface area contributed by atoms with E-state index in [0.717, 1.165) is 50.4 Å². The van der Waals surface area contributed by atoms with Crippen molar-refractivity contribution in [1.82, 2.24) is 25.6 Å². The van der Waals surface area contributed by atoms with Crippen molar-refractivity contribution in [3.8, 4) is 0 Å². The fraction of sp³-hybridized carbons (Fsp3) is 0.455. The number of hydrogen-bond donors (Lipinski definition) is 2. The molecule has 1 fully saturated rings. The third-order valence-electron chi connectivity index (χ3n) is 5.66. The van der Waals surface area contributed by atoms with Gasteiger partial charge in [-0.1, -0.05) is 29.0 Å². The smallest absolute Gasteiger partial charge is 0.280 e. The number of rotatable bonds is 4. The average Bonchev–Trinajstić information content (AvgIpc) is 3.19. The number of aromatic nitrogens is 3. The van der Waals surface area contributed by atoms with E-state index in [1.54, 1.807) is 5.51 Å². The Morgan fingerprint density at radius 2 is 2.13 bits per heavy atom. The van der Waals surface area contributed by atoms with Crippen LogP contribution in [0.2, 0.25) is 0 Å². The number of carbonyl (C=O) groups is 1. The van der Waals surface area contributed by atoms with Gasteiger partial charge in [0, 0.05) is 18.8 Å². The minimum atomic E-state index is -0.150. The number of carbonyl (C=O) groups excluding carboxylic acids is 1. The van der Waals surface area contributed by atoms with Gasteiger partial charge in [0.05, 0.1) is 11.2 Å². The largest absolute Gasteiger partial charge is 0.350 e. The molecule has 4 rings (SSSR count). The van der Waals surface area contributed by atoms with E-state index in [1.807, 2.05) is 6.92 Å². The second kappa shape index (κ2) is 9.49. The summed E-state index contributed by atoms with van der Waals surface area (Å²) in [5.41, 5.74) is 6.04. The average molecular weight is 425 g/mol. The molecule has 0 atom stereocenters. The van der Waals surface area contributed by atoms with Crippen molar-refractivity contribution in [2.45, 2.75) is 33.1 Å². The molecule has 1 saturated heterocycles. The SMILES string of the molecule is Cc1ccc2c(c1)CCN2c1ncncsc(C(=O)NCC2CCNCC2)nc1C. The minimum Gasteiger partial charge on any atom is -0.350 e. The number of hydrogen-bond acceptors (Lipinski definition) is 7. The highest BCUT2D eigenvalue weighted by atomic mass is 32.1. The Morgan fingerprint density at radius 3 is 2.97 bits per heavy atom. The fourth-order valence-corrected chi connectivity index (χ4v) is 4.62. The number of aryl methyl sites for hydroxylation is 2. The summed E-state index contributed by atoms with van der Waals surface area (Å²) in [4.78, 5) is 28.4. The Hall–Kier alpha value is -2.58. The molecule has 2 N–H and O–H groups in total. The number of fused-ring (bicyclic) bond motifs is 1. The lowest BCUT2D eigenvalue weighted by molar-refractivity contribution is 0.0943. The minimum absolute atomic E-state index is 0.150. The zero-order valence-electron chi connectivity index (χ0n) is 17.5. The summed E-state index contributed by atoms with van der Waals surface area (Å²) in [7, 11) is 0. The van der Waals surface area contributed by atoms with Crippen LogP contribution in [0.25, 0.3) is 0 Å². The van der Waals surface area contributed by atoms with Crippen molar-refractivity contribution >= 4 is 28.7 Å². The third-order valence-corrected chi connectivity index (χ3v) is 6.38. The van der Waals surface area contributed by atoms with Crippen LogP contribution in [0.1, 0.15) is 39.5 Å². The maximum absolute atomic E-state index is 12.8. The molecule has 8 heteroatoms. The lowest BCUT2D eigenvalue weighted by atomic mass is 9.98. The van der Waals surface area contributed by atoms with Gasteiger partial charge in [-0.05, 0) is 63.7 Å². The van der Waals surface area contributed by atoms with Crippen LogP contribution in [0.4, 0.5) is 11.5 Å². The molecule has 2 aromatic rings. The van der Waals surface area contributed by atoms with Crippen molar-refractivity contribution in [1.29, 1.82) is 0 Å². The summed E-state index contributed by atoms with van der Waals surface area (Å²) in [6.45, 7) is 7.57. The van der Waals surface area contributed by atoms with Crippen LogP contribution in [0, 0.1) is 19.8 Å². The Balaban J connectivity index is 1.60. The number of nitrogens with zero attached hydrogens (tertiary/aromatic N) is 4. The van der Waals surface area contributed by atoms with E-state index in [0.29, 0.717) is 23.2 Å². The number of amides is 1. The highest BCUT2D eigenvalue weighted by Gasteiger charge is 2.23. The van der Waals surface area contributed by atoms with Gasteiger partial charge in [0.1, 0.15) is 6.33 Å². The molecule has 0 saturated carbocycles. The predicted octanol–water partition coefficient (Wildman–Crippen LogP) is 3.10. The molecule has 0 bridgehead atoms. The summed E-state index contributed by atoms with van der Waals surface area (Å²) in [6.07, 6.45) is 4.68. The van der Waals surface area contributed by atoms with Gasteiger partial charge in [-0.25, -0.2) is 15.0 Å². The van der Waals surface area contributed by atoms with Crippen molar-refractivity contribution < 1.29 is 4.79 Å². The lowest BCUT2D eigenvalue weighted by Crippen LogP contribution is -2.36. The van der Waals surface area contributed by atoms with E-state index in [9.17, 15) is 4.79 Å². The molecule has 0 radical (unpaired) electrons. The summed E-state index contributed by atoms with van der Waals surface area (Å²) < 4.78 is 0. The Morgan fingerprint density at radius 1 is 1.30 bits per heavy atom. The van der Waals surface area contributed by atoms with Gasteiger partial charge in [-0.2, -0.15) is 0 Å². The van der Waals surface area contributed by atoms with E-state index in [4.69, 9.17) is 0 Å². The maximum Gasteiger partial charge on any atom is 0.280 e. The van der Waals surface area contributed by atoms with Crippen LogP contribution in [0.5, 0.6) is 0 Å². The fourth-order valence-electron chi connectivity index (χ4n) is 4.04. The number of benzene rings is 1. The molecule has 7 nitrogen and oxygen atoms in total. The van der Waals surface area contributed by atoms with Gasteiger partial charge in [0.25, 0.3) is 5.91 Å². The van der Waals surface area contributed by atoms with Crippen molar-refractivity contribution in [3.05, 3.63) is 51.9 Å². The first kappa shape index (κ1) is 20.7. The Kier molecular flexibility index (Phi) is 6.54. The molecule has 0 aliphatic carbocycles. The van der Waals surface area contributed by atoms with Crippen molar-refractivity contribution in [3.63, 3.8) is 0 Å². The van der Waals surface area contributed by atoms with E-state index in [2.05, 4.69) is 55.6 Å². The zero-order valence-corrected chi connectivity index (χ0v) is 18.3. The number of anilines is 2. The lowest BCUT2D eigenvalue weighted by Gasteiger charge is -2.22. The number of nitrogens with one attached hydrogen (secondary N) is 2. The predicted molar refractivity (Wildman–Crippen MR) is 120 cm³/mol. The molecule has 0 unspecified atom stereocenters. The normalized spacial score (nSPS) is 16.1. The maximum atomic E-state index is 12.8.